The summed E-state index contributed by atoms with van der Waals surface area (Å²) in [5.74, 6) is 0.390. The first kappa shape index (κ1) is 13.5. The summed E-state index contributed by atoms with van der Waals surface area (Å²) in [7, 11) is 0. The van der Waals surface area contributed by atoms with Gasteiger partial charge in [-0.1, -0.05) is 0 Å². The summed E-state index contributed by atoms with van der Waals surface area (Å²) in [6.07, 6.45) is 3.22. The lowest BCUT2D eigenvalue weighted by Crippen LogP contribution is -2.11. The molecule has 0 radical (unpaired) electrons. The Bertz CT molecular complexity index is 813. The summed E-state index contributed by atoms with van der Waals surface area (Å²) in [5.41, 5.74) is 1.64. The van der Waals surface area contributed by atoms with Gasteiger partial charge in [-0.2, -0.15) is 5.10 Å². The third-order valence-corrected chi connectivity index (χ3v) is 3.68. The van der Waals surface area contributed by atoms with Gasteiger partial charge in [-0.15, -0.1) is 11.3 Å². The van der Waals surface area contributed by atoms with Crippen molar-refractivity contribution in [2.75, 3.05) is 0 Å². The van der Waals surface area contributed by atoms with E-state index < -0.39 is 0 Å². The summed E-state index contributed by atoms with van der Waals surface area (Å²) in [6, 6.07) is 9.65. The van der Waals surface area contributed by atoms with Crippen LogP contribution in [0.1, 0.15) is 11.5 Å². The summed E-state index contributed by atoms with van der Waals surface area (Å²) in [6.45, 7) is 1.94. The fourth-order valence-corrected chi connectivity index (χ4v) is 2.53. The molecule has 0 saturated carbocycles. The number of hydrogen-bond acceptors (Lipinski definition) is 4. The maximum Gasteiger partial charge on any atom is 0.211 e. The Balaban J connectivity index is 1.98. The molecule has 2 aromatic heterocycles. The summed E-state index contributed by atoms with van der Waals surface area (Å²) in [5, 5.41) is 6.32. The molecule has 4 nitrogen and oxygen atoms in total. The molecule has 0 aliphatic carbocycles. The van der Waals surface area contributed by atoms with Crippen LogP contribution in [0, 0.1) is 12.7 Å². The number of furan rings is 1. The molecule has 21 heavy (non-hydrogen) atoms. The van der Waals surface area contributed by atoms with Gasteiger partial charge in [0.25, 0.3) is 0 Å². The molecule has 106 valence electrons. The van der Waals surface area contributed by atoms with Crippen molar-refractivity contribution in [3.8, 4) is 0 Å². The van der Waals surface area contributed by atoms with Crippen LogP contribution in [0.4, 0.5) is 10.1 Å². The molecule has 0 aliphatic heterocycles. The van der Waals surface area contributed by atoms with Crippen molar-refractivity contribution < 1.29 is 8.81 Å². The second-order valence-electron chi connectivity index (χ2n) is 4.32. The number of aromatic nitrogens is 1. The second kappa shape index (κ2) is 5.88. The molecule has 0 N–H and O–H groups in total. The van der Waals surface area contributed by atoms with Gasteiger partial charge in [0, 0.05) is 5.38 Å². The van der Waals surface area contributed by atoms with Gasteiger partial charge in [-0.3, -0.25) is 0 Å². The third kappa shape index (κ3) is 3.17. The second-order valence-corrected chi connectivity index (χ2v) is 5.16. The minimum Gasteiger partial charge on any atom is -0.463 e. The van der Waals surface area contributed by atoms with Crippen LogP contribution in [-0.2, 0) is 0 Å². The van der Waals surface area contributed by atoms with E-state index >= 15 is 0 Å². The van der Waals surface area contributed by atoms with Crippen molar-refractivity contribution >= 4 is 23.2 Å². The molecule has 0 aliphatic rings. The minimum absolute atomic E-state index is 0.278. The van der Waals surface area contributed by atoms with Crippen LogP contribution in [0.15, 0.2) is 62.6 Å². The minimum atomic E-state index is -0.278. The Hall–Kier alpha value is -2.47. The van der Waals surface area contributed by atoms with Crippen LogP contribution in [0.3, 0.4) is 0 Å². The monoisotopic (exact) mass is 301 g/mol. The molecule has 0 saturated heterocycles. The average Bonchev–Trinajstić information content (AvgIpc) is 3.10. The van der Waals surface area contributed by atoms with Crippen molar-refractivity contribution in [3.05, 3.63) is 70.1 Å². The van der Waals surface area contributed by atoms with Crippen LogP contribution in [0.2, 0.25) is 0 Å². The lowest BCUT2D eigenvalue weighted by Gasteiger charge is -1.97. The van der Waals surface area contributed by atoms with Crippen LogP contribution in [-0.4, -0.2) is 10.9 Å². The van der Waals surface area contributed by atoms with Gasteiger partial charge in [0.05, 0.1) is 23.9 Å². The smallest absolute Gasteiger partial charge is 0.211 e. The zero-order valence-electron chi connectivity index (χ0n) is 11.2. The van der Waals surface area contributed by atoms with E-state index in [2.05, 4.69) is 10.1 Å². The van der Waals surface area contributed by atoms with E-state index in [-0.39, 0.29) is 5.82 Å². The first-order chi connectivity index (χ1) is 10.2. The predicted octanol–water partition coefficient (Wildman–Crippen LogP) is 3.70. The molecule has 2 heterocycles. The number of aryl methyl sites for hydroxylation is 1. The Kier molecular flexibility index (Phi) is 3.79. The van der Waals surface area contributed by atoms with Gasteiger partial charge in [0.2, 0.25) is 4.80 Å². The highest BCUT2D eigenvalue weighted by molar-refractivity contribution is 7.07. The topological polar surface area (TPSA) is 42.8 Å². The fraction of sp³-hybridized carbons (Fsp3) is 0.0667. The molecule has 3 aromatic rings. The molecule has 0 bridgehead atoms. The molecule has 1 aromatic carbocycles. The highest BCUT2D eigenvalue weighted by Gasteiger charge is 2.00. The van der Waals surface area contributed by atoms with E-state index in [1.54, 1.807) is 35.4 Å². The van der Waals surface area contributed by atoms with Gasteiger partial charge >= 0.3 is 0 Å². The quantitative estimate of drug-likeness (QED) is 0.680. The molecule has 0 unspecified atom stereocenters. The molecule has 0 atom stereocenters. The summed E-state index contributed by atoms with van der Waals surface area (Å²) in [4.78, 5) is 5.18. The molecule has 6 heteroatoms. The third-order valence-electron chi connectivity index (χ3n) is 2.75. The van der Waals surface area contributed by atoms with E-state index in [9.17, 15) is 4.39 Å². The maximum atomic E-state index is 12.9. The summed E-state index contributed by atoms with van der Waals surface area (Å²) >= 11 is 1.47. The lowest BCUT2D eigenvalue weighted by molar-refractivity contribution is 0.559. The van der Waals surface area contributed by atoms with Crippen LogP contribution >= 0.6 is 11.3 Å². The average molecular weight is 301 g/mol. The molecule has 0 spiro atoms. The Morgan fingerprint density at radius 2 is 2.05 bits per heavy atom. The van der Waals surface area contributed by atoms with E-state index in [1.165, 1.54) is 23.5 Å². The van der Waals surface area contributed by atoms with Crippen LogP contribution in [0.5, 0.6) is 0 Å². The first-order valence-electron chi connectivity index (χ1n) is 6.28. The lowest BCUT2D eigenvalue weighted by atomic mass is 10.3. The highest BCUT2D eigenvalue weighted by Crippen LogP contribution is 2.12. The van der Waals surface area contributed by atoms with Gasteiger partial charge in [0.15, 0.2) is 0 Å². The maximum absolute atomic E-state index is 12.9. The Labute approximate surface area is 124 Å². The number of rotatable bonds is 3. The van der Waals surface area contributed by atoms with Crippen molar-refractivity contribution in [1.82, 2.24) is 4.68 Å². The number of hydrogen-bond donors (Lipinski definition) is 0. The van der Waals surface area contributed by atoms with E-state index in [4.69, 9.17) is 4.42 Å². The SMILES string of the molecule is Cc1csc(=Nc2ccc(F)cc2)n1N=Cc1ccco1. The standard InChI is InChI=1S/C15H12FN3OS/c1-11-10-21-15(18-13-6-4-12(16)5-7-13)19(11)17-9-14-3-2-8-20-14/h2-10H,1H3. The normalized spacial score (nSPS) is 12.4. The van der Waals surface area contributed by atoms with Crippen molar-refractivity contribution in [2.24, 2.45) is 10.1 Å². The van der Waals surface area contributed by atoms with Crippen molar-refractivity contribution in [1.29, 1.82) is 0 Å². The van der Waals surface area contributed by atoms with E-state index in [1.807, 2.05) is 18.4 Å². The number of halogens is 1. The number of thiazole rings is 1. The first-order valence-corrected chi connectivity index (χ1v) is 7.15. The van der Waals surface area contributed by atoms with Gasteiger partial charge in [0.1, 0.15) is 11.6 Å². The Morgan fingerprint density at radius 3 is 2.76 bits per heavy atom. The van der Waals surface area contributed by atoms with Gasteiger partial charge in [-0.25, -0.2) is 14.1 Å². The van der Waals surface area contributed by atoms with Crippen LogP contribution < -0.4 is 4.80 Å². The fourth-order valence-electron chi connectivity index (χ4n) is 1.71. The molecule has 0 amide bonds. The predicted molar refractivity (Wildman–Crippen MR) is 80.4 cm³/mol. The highest BCUT2D eigenvalue weighted by atomic mass is 32.1. The molecule has 3 rings (SSSR count). The largest absolute Gasteiger partial charge is 0.463 e. The van der Waals surface area contributed by atoms with E-state index in [0.717, 1.165) is 5.69 Å². The van der Waals surface area contributed by atoms with Gasteiger partial charge < -0.3 is 4.42 Å². The molecular weight excluding hydrogens is 289 g/mol. The zero-order chi connectivity index (χ0) is 14.7. The Morgan fingerprint density at radius 1 is 1.24 bits per heavy atom. The van der Waals surface area contributed by atoms with Crippen LogP contribution in [0.25, 0.3) is 0 Å². The number of benzene rings is 1. The van der Waals surface area contributed by atoms with Crippen molar-refractivity contribution in [2.45, 2.75) is 6.92 Å². The van der Waals surface area contributed by atoms with E-state index in [0.29, 0.717) is 16.2 Å². The summed E-state index contributed by atoms with van der Waals surface area (Å²) < 4.78 is 19.8. The molecular formula is C15H12FN3OS. The van der Waals surface area contributed by atoms with Gasteiger partial charge in [-0.05, 0) is 43.3 Å². The van der Waals surface area contributed by atoms with Crippen molar-refractivity contribution in [3.63, 3.8) is 0 Å². The molecule has 0 fully saturated rings. The number of nitrogens with zero attached hydrogens (tertiary/aromatic N) is 3. The zero-order valence-corrected chi connectivity index (χ0v) is 12.0.